The fourth-order valence-corrected chi connectivity index (χ4v) is 3.06. The quantitative estimate of drug-likeness (QED) is 0.396. The minimum Gasteiger partial charge on any atom is -0.494 e. The van der Waals surface area contributed by atoms with E-state index in [1.54, 1.807) is 0 Å². The third kappa shape index (κ3) is 5.96. The molecule has 0 fully saturated rings. The van der Waals surface area contributed by atoms with Gasteiger partial charge in [-0.05, 0) is 66.8 Å². The second-order valence-corrected chi connectivity index (χ2v) is 7.12. The Morgan fingerprint density at radius 3 is 2.14 bits per heavy atom. The summed E-state index contributed by atoms with van der Waals surface area (Å²) >= 11 is 0. The molecule has 0 atom stereocenters. The van der Waals surface area contributed by atoms with Gasteiger partial charge < -0.3 is 4.74 Å². The lowest BCUT2D eigenvalue weighted by Crippen LogP contribution is -1.94. The Labute approximate surface area is 173 Å². The van der Waals surface area contributed by atoms with E-state index in [0.717, 1.165) is 29.7 Å². The van der Waals surface area contributed by atoms with Crippen LogP contribution in [0.1, 0.15) is 49.8 Å². The predicted octanol–water partition coefficient (Wildman–Crippen LogP) is 7.02. The first kappa shape index (κ1) is 20.7. The number of aryl methyl sites for hydroxylation is 1. The number of unbranched alkanes of at least 4 members (excludes halogenated alkanes) is 1. The third-order valence-corrected chi connectivity index (χ3v) is 4.73. The van der Waals surface area contributed by atoms with E-state index >= 15 is 0 Å². The molecule has 0 aliphatic rings. The molecule has 0 saturated heterocycles. The summed E-state index contributed by atoms with van der Waals surface area (Å²) in [4.78, 5) is 0. The molecule has 0 saturated carbocycles. The highest BCUT2D eigenvalue weighted by Gasteiger charge is 2.06. The number of hydrogen-bond donors (Lipinski definition) is 0. The predicted molar refractivity (Wildman–Crippen MR) is 119 cm³/mol. The Bertz CT molecular complexity index is 976. The Morgan fingerprint density at radius 2 is 1.48 bits per heavy atom. The molecule has 0 aromatic heterocycles. The first-order valence-electron chi connectivity index (χ1n) is 10.3. The Morgan fingerprint density at radius 1 is 0.793 bits per heavy atom. The second kappa shape index (κ2) is 10.5. The van der Waals surface area contributed by atoms with Gasteiger partial charge >= 0.3 is 0 Å². The summed E-state index contributed by atoms with van der Waals surface area (Å²) in [5.41, 5.74) is 4.34. The van der Waals surface area contributed by atoms with Crippen molar-refractivity contribution in [3.05, 3.63) is 89.2 Å². The Hall–Kier alpha value is -3.05. The smallest absolute Gasteiger partial charge is 0.132 e. The number of halogens is 1. The Balaban J connectivity index is 1.71. The van der Waals surface area contributed by atoms with E-state index in [4.69, 9.17) is 4.74 Å². The van der Waals surface area contributed by atoms with E-state index in [9.17, 15) is 4.39 Å². The van der Waals surface area contributed by atoms with E-state index in [2.05, 4.69) is 37.8 Å². The molecule has 1 nitrogen and oxygen atoms in total. The van der Waals surface area contributed by atoms with E-state index < -0.39 is 0 Å². The summed E-state index contributed by atoms with van der Waals surface area (Å²) in [5.74, 6) is 6.72. The van der Waals surface area contributed by atoms with Crippen LogP contribution in [0.25, 0.3) is 11.1 Å². The molecule has 0 heterocycles. The van der Waals surface area contributed by atoms with Gasteiger partial charge in [-0.25, -0.2) is 4.39 Å². The molecular weight excluding hydrogens is 359 g/mol. The average molecular weight is 387 g/mol. The minimum absolute atomic E-state index is 0.249. The summed E-state index contributed by atoms with van der Waals surface area (Å²) in [6.07, 6.45) is 4.40. The fourth-order valence-electron chi connectivity index (χ4n) is 3.06. The van der Waals surface area contributed by atoms with Crippen molar-refractivity contribution < 1.29 is 9.13 Å². The second-order valence-electron chi connectivity index (χ2n) is 7.12. The van der Waals surface area contributed by atoms with Crippen molar-refractivity contribution in [3.63, 3.8) is 0 Å². The van der Waals surface area contributed by atoms with Crippen molar-refractivity contribution in [2.45, 2.75) is 39.5 Å². The number of rotatable bonds is 7. The van der Waals surface area contributed by atoms with Crippen LogP contribution in [0.2, 0.25) is 0 Å². The van der Waals surface area contributed by atoms with Crippen LogP contribution in [0, 0.1) is 17.7 Å². The van der Waals surface area contributed by atoms with Crippen LogP contribution >= 0.6 is 0 Å². The monoisotopic (exact) mass is 386 g/mol. The standard InChI is InChI=1S/C27H27FO/c1-3-5-6-21-9-14-24(15-10-21)26-18-13-23(20-27(26)28)8-7-22-11-16-25(17-12-22)29-19-4-2/h9-18,20H,3-6,19H2,1-2H3. The van der Waals surface area contributed by atoms with Gasteiger partial charge in [-0.15, -0.1) is 0 Å². The maximum Gasteiger partial charge on any atom is 0.132 e. The van der Waals surface area contributed by atoms with Crippen LogP contribution in [-0.2, 0) is 6.42 Å². The van der Waals surface area contributed by atoms with Gasteiger partial charge in [0, 0.05) is 16.7 Å². The van der Waals surface area contributed by atoms with Gasteiger partial charge in [-0.2, -0.15) is 0 Å². The molecule has 0 amide bonds. The van der Waals surface area contributed by atoms with E-state index in [-0.39, 0.29) is 5.82 Å². The molecule has 0 spiro atoms. The summed E-state index contributed by atoms with van der Waals surface area (Å²) in [5, 5.41) is 0. The number of hydrogen-bond acceptors (Lipinski definition) is 1. The molecule has 3 aromatic rings. The molecule has 0 bridgehead atoms. The minimum atomic E-state index is -0.249. The van der Waals surface area contributed by atoms with Crippen LogP contribution in [0.3, 0.4) is 0 Å². The molecule has 0 N–H and O–H groups in total. The van der Waals surface area contributed by atoms with E-state index in [1.807, 2.05) is 48.5 Å². The Kier molecular flexibility index (Phi) is 7.47. The van der Waals surface area contributed by atoms with Gasteiger partial charge in [-0.3, -0.25) is 0 Å². The zero-order valence-electron chi connectivity index (χ0n) is 17.2. The van der Waals surface area contributed by atoms with E-state index in [0.29, 0.717) is 17.7 Å². The highest BCUT2D eigenvalue weighted by molar-refractivity contribution is 5.65. The highest BCUT2D eigenvalue weighted by Crippen LogP contribution is 2.24. The van der Waals surface area contributed by atoms with Crippen molar-refractivity contribution >= 4 is 0 Å². The first-order chi connectivity index (χ1) is 14.2. The van der Waals surface area contributed by atoms with Crippen molar-refractivity contribution in [1.82, 2.24) is 0 Å². The summed E-state index contributed by atoms with van der Waals surface area (Å²) in [6, 6.07) is 21.0. The largest absolute Gasteiger partial charge is 0.494 e. The first-order valence-corrected chi connectivity index (χ1v) is 10.3. The van der Waals surface area contributed by atoms with Crippen LogP contribution in [0.5, 0.6) is 5.75 Å². The highest BCUT2D eigenvalue weighted by atomic mass is 19.1. The SMILES string of the molecule is CCCCc1ccc(-c2ccc(C#Cc3ccc(OCCC)cc3)cc2F)cc1. The average Bonchev–Trinajstić information content (AvgIpc) is 2.76. The summed E-state index contributed by atoms with van der Waals surface area (Å²) in [6.45, 7) is 4.97. The van der Waals surface area contributed by atoms with Gasteiger partial charge in [0.15, 0.2) is 0 Å². The van der Waals surface area contributed by atoms with Gasteiger partial charge in [0.25, 0.3) is 0 Å². The lowest BCUT2D eigenvalue weighted by Gasteiger charge is -2.06. The molecule has 29 heavy (non-hydrogen) atoms. The van der Waals surface area contributed by atoms with Crippen LogP contribution in [0.15, 0.2) is 66.7 Å². The van der Waals surface area contributed by atoms with Gasteiger partial charge in [0.1, 0.15) is 11.6 Å². The maximum absolute atomic E-state index is 14.7. The molecule has 148 valence electrons. The van der Waals surface area contributed by atoms with Crippen LogP contribution in [0.4, 0.5) is 4.39 Å². The molecule has 0 unspecified atom stereocenters. The molecule has 0 aliphatic heterocycles. The number of ether oxygens (including phenoxy) is 1. The van der Waals surface area contributed by atoms with Crippen molar-refractivity contribution in [2.75, 3.05) is 6.61 Å². The van der Waals surface area contributed by atoms with Crippen LogP contribution in [-0.4, -0.2) is 6.61 Å². The molecule has 2 heteroatoms. The lowest BCUT2D eigenvalue weighted by molar-refractivity contribution is 0.317. The summed E-state index contributed by atoms with van der Waals surface area (Å²) in [7, 11) is 0. The molecule has 3 rings (SSSR count). The normalized spacial score (nSPS) is 10.3. The van der Waals surface area contributed by atoms with E-state index in [1.165, 1.54) is 24.5 Å². The van der Waals surface area contributed by atoms with Gasteiger partial charge in [0.2, 0.25) is 0 Å². The lowest BCUT2D eigenvalue weighted by atomic mass is 10.00. The molecule has 0 aliphatic carbocycles. The van der Waals surface area contributed by atoms with Crippen molar-refractivity contribution in [3.8, 4) is 28.7 Å². The topological polar surface area (TPSA) is 9.23 Å². The van der Waals surface area contributed by atoms with Gasteiger partial charge in [0.05, 0.1) is 6.61 Å². The molecule has 3 aromatic carbocycles. The summed E-state index contributed by atoms with van der Waals surface area (Å²) < 4.78 is 20.2. The zero-order chi connectivity index (χ0) is 20.5. The molecular formula is C27H27FO. The van der Waals surface area contributed by atoms with Crippen molar-refractivity contribution in [1.29, 1.82) is 0 Å². The third-order valence-electron chi connectivity index (χ3n) is 4.73. The maximum atomic E-state index is 14.7. The van der Waals surface area contributed by atoms with Crippen LogP contribution < -0.4 is 4.74 Å². The van der Waals surface area contributed by atoms with Gasteiger partial charge in [-0.1, -0.05) is 62.4 Å². The zero-order valence-corrected chi connectivity index (χ0v) is 17.2. The fraction of sp³-hybridized carbons (Fsp3) is 0.259. The molecule has 0 radical (unpaired) electrons. The number of benzene rings is 3. The van der Waals surface area contributed by atoms with Crippen molar-refractivity contribution in [2.24, 2.45) is 0 Å².